The topological polar surface area (TPSA) is 95.9 Å². The highest BCUT2D eigenvalue weighted by Crippen LogP contribution is 2.03. The summed E-state index contributed by atoms with van der Waals surface area (Å²) < 4.78 is 4.70. The predicted molar refractivity (Wildman–Crippen MR) is 64.1 cm³/mol. The van der Waals surface area contributed by atoms with Crippen molar-refractivity contribution in [3.05, 3.63) is 0 Å². The van der Waals surface area contributed by atoms with Crippen LogP contribution < -0.4 is 5.32 Å². The van der Waals surface area contributed by atoms with Gasteiger partial charge in [-0.05, 0) is 20.8 Å². The zero-order valence-electron chi connectivity index (χ0n) is 11.1. The molecule has 2 amide bonds. The van der Waals surface area contributed by atoms with Crippen LogP contribution in [0.3, 0.4) is 0 Å². The van der Waals surface area contributed by atoms with Crippen molar-refractivity contribution in [1.29, 1.82) is 0 Å². The number of ether oxygens (including phenoxy) is 1. The van der Waals surface area contributed by atoms with Crippen LogP contribution in [-0.4, -0.2) is 54.2 Å². The number of hydrogen-bond donors (Lipinski definition) is 2. The molecule has 0 aliphatic carbocycles. The minimum atomic E-state index is -0.990. The monoisotopic (exact) mass is 260 g/mol. The summed E-state index contributed by atoms with van der Waals surface area (Å²) in [5, 5.41) is 11.3. The van der Waals surface area contributed by atoms with Crippen LogP contribution in [0.2, 0.25) is 0 Å². The minimum Gasteiger partial charge on any atom is -0.481 e. The maximum atomic E-state index is 11.6. The normalized spacial score (nSPS) is 13.3. The zero-order valence-corrected chi connectivity index (χ0v) is 11.1. The summed E-state index contributed by atoms with van der Waals surface area (Å²) in [4.78, 5) is 34.6. The number of nitrogens with zero attached hydrogens (tertiary/aromatic N) is 1. The molecule has 18 heavy (non-hydrogen) atoms. The van der Waals surface area contributed by atoms with E-state index in [9.17, 15) is 14.4 Å². The van der Waals surface area contributed by atoms with Crippen LogP contribution >= 0.6 is 0 Å². The lowest BCUT2D eigenvalue weighted by atomic mass is 10.0. The molecule has 0 bridgehead atoms. The first-order valence-electron chi connectivity index (χ1n) is 5.69. The Morgan fingerprint density at radius 3 is 2.33 bits per heavy atom. The molecule has 7 heteroatoms. The lowest BCUT2D eigenvalue weighted by Crippen LogP contribution is -2.47. The van der Waals surface area contributed by atoms with Crippen molar-refractivity contribution in [3.63, 3.8) is 0 Å². The number of likely N-dealkylation sites (N-methyl/N-ethyl adjacent to an activating group) is 1. The number of carbonyl (C=O) groups is 3. The second-order valence-electron chi connectivity index (χ2n) is 4.03. The first-order chi connectivity index (χ1) is 8.29. The van der Waals surface area contributed by atoms with Crippen molar-refractivity contribution in [2.45, 2.75) is 26.8 Å². The molecule has 0 aromatic carbocycles. The highest BCUT2D eigenvalue weighted by Gasteiger charge is 2.23. The molecular formula is C11H20N2O5. The zero-order chi connectivity index (χ0) is 14.3. The molecule has 0 heterocycles. The fourth-order valence-corrected chi connectivity index (χ4v) is 1.12. The Morgan fingerprint density at radius 1 is 1.33 bits per heavy atom. The van der Waals surface area contributed by atoms with Crippen molar-refractivity contribution >= 4 is 18.0 Å². The Morgan fingerprint density at radius 2 is 1.89 bits per heavy atom. The Balaban J connectivity index is 4.23. The quantitative estimate of drug-likeness (QED) is 0.670. The van der Waals surface area contributed by atoms with Crippen LogP contribution in [0.25, 0.3) is 0 Å². The highest BCUT2D eigenvalue weighted by atomic mass is 16.5. The van der Waals surface area contributed by atoms with Crippen LogP contribution in [0.5, 0.6) is 0 Å². The fourth-order valence-electron chi connectivity index (χ4n) is 1.12. The molecule has 104 valence electrons. The third-order valence-electron chi connectivity index (χ3n) is 2.51. The highest BCUT2D eigenvalue weighted by molar-refractivity contribution is 5.81. The summed E-state index contributed by atoms with van der Waals surface area (Å²) in [6.07, 6.45) is 0. The summed E-state index contributed by atoms with van der Waals surface area (Å²) >= 11 is 0. The molecule has 0 aliphatic rings. The van der Waals surface area contributed by atoms with E-state index in [1.165, 1.54) is 14.0 Å². The third kappa shape index (κ3) is 5.51. The van der Waals surface area contributed by atoms with Crippen LogP contribution in [0.15, 0.2) is 0 Å². The molecular weight excluding hydrogens is 240 g/mol. The van der Waals surface area contributed by atoms with Gasteiger partial charge in [-0.1, -0.05) is 0 Å². The summed E-state index contributed by atoms with van der Waals surface area (Å²) in [7, 11) is 1.43. The summed E-state index contributed by atoms with van der Waals surface area (Å²) in [6, 6.07) is -1.04. The maximum absolute atomic E-state index is 11.6. The molecule has 0 aromatic rings. The predicted octanol–water partition coefficient (Wildman–Crippen LogP) is 0.300. The van der Waals surface area contributed by atoms with Crippen molar-refractivity contribution in [1.82, 2.24) is 10.2 Å². The van der Waals surface area contributed by atoms with Crippen molar-refractivity contribution in [3.8, 4) is 0 Å². The molecule has 0 fully saturated rings. The van der Waals surface area contributed by atoms with Crippen molar-refractivity contribution < 1.29 is 24.2 Å². The van der Waals surface area contributed by atoms with Gasteiger partial charge < -0.3 is 20.1 Å². The van der Waals surface area contributed by atoms with Crippen LogP contribution in [0.4, 0.5) is 4.79 Å². The van der Waals surface area contributed by atoms with Gasteiger partial charge in [-0.3, -0.25) is 9.59 Å². The summed E-state index contributed by atoms with van der Waals surface area (Å²) in [6.45, 7) is 4.84. The smallest absolute Gasteiger partial charge is 0.325 e. The molecule has 7 nitrogen and oxygen atoms in total. The van der Waals surface area contributed by atoms with Gasteiger partial charge in [0.2, 0.25) is 0 Å². The van der Waals surface area contributed by atoms with Gasteiger partial charge in [0.15, 0.2) is 0 Å². The number of urea groups is 1. The average molecular weight is 260 g/mol. The van der Waals surface area contributed by atoms with Gasteiger partial charge in [0, 0.05) is 13.1 Å². The van der Waals surface area contributed by atoms with E-state index in [0.717, 1.165) is 4.90 Å². The van der Waals surface area contributed by atoms with Gasteiger partial charge in [0.25, 0.3) is 0 Å². The Hall–Kier alpha value is -1.79. The number of carboxylic acid groups (broad SMARTS) is 1. The van der Waals surface area contributed by atoms with Gasteiger partial charge in [-0.2, -0.15) is 0 Å². The lowest BCUT2D eigenvalue weighted by Gasteiger charge is -2.22. The van der Waals surface area contributed by atoms with E-state index < -0.39 is 29.9 Å². The van der Waals surface area contributed by atoms with Crippen LogP contribution in [-0.2, 0) is 14.3 Å². The Labute approximate surface area is 106 Å². The number of hydrogen-bond acceptors (Lipinski definition) is 4. The molecule has 0 rings (SSSR count). The molecule has 2 N–H and O–H groups in total. The van der Waals surface area contributed by atoms with Gasteiger partial charge >= 0.3 is 18.0 Å². The summed E-state index contributed by atoms with van der Waals surface area (Å²) in [5.41, 5.74) is 0. The van der Waals surface area contributed by atoms with Crippen LogP contribution in [0.1, 0.15) is 20.8 Å². The number of esters is 1. The number of carbonyl (C=O) groups excluding carboxylic acids is 2. The molecule has 0 aromatic heterocycles. The lowest BCUT2D eigenvalue weighted by molar-refractivity contribution is -0.144. The maximum Gasteiger partial charge on any atom is 0.325 e. The number of aliphatic carboxylic acids is 1. The van der Waals surface area contributed by atoms with E-state index in [2.05, 4.69) is 5.32 Å². The molecule has 0 spiro atoms. The minimum absolute atomic E-state index is 0.173. The molecule has 0 saturated carbocycles. The number of amides is 2. The molecule has 0 aliphatic heterocycles. The molecule has 0 radical (unpaired) electrons. The second-order valence-corrected chi connectivity index (χ2v) is 4.03. The Bertz CT molecular complexity index is 319. The average Bonchev–Trinajstić information content (AvgIpc) is 2.27. The fraction of sp³-hybridized carbons (Fsp3) is 0.727. The van der Waals surface area contributed by atoms with Crippen LogP contribution in [0, 0.1) is 5.92 Å². The van der Waals surface area contributed by atoms with Gasteiger partial charge in [0.05, 0.1) is 12.5 Å². The van der Waals surface area contributed by atoms with Gasteiger partial charge in [0.1, 0.15) is 6.54 Å². The van der Waals surface area contributed by atoms with E-state index in [1.54, 1.807) is 13.8 Å². The van der Waals surface area contributed by atoms with Gasteiger partial charge in [-0.15, -0.1) is 0 Å². The first kappa shape index (κ1) is 16.2. The number of nitrogens with one attached hydrogen (secondary N) is 1. The van der Waals surface area contributed by atoms with Crippen molar-refractivity contribution in [2.24, 2.45) is 5.92 Å². The Kier molecular flexibility index (Phi) is 6.77. The summed E-state index contributed by atoms with van der Waals surface area (Å²) in [5.74, 6) is -2.20. The van der Waals surface area contributed by atoms with E-state index in [4.69, 9.17) is 9.84 Å². The number of carboxylic acids is 1. The van der Waals surface area contributed by atoms with E-state index in [-0.39, 0.29) is 13.2 Å². The first-order valence-corrected chi connectivity index (χ1v) is 5.69. The molecule has 2 atom stereocenters. The standard InChI is InChI=1S/C11H20N2O5/c1-5-18-9(14)6-13(4)11(17)12-8(3)7(2)10(15)16/h7-8H,5-6H2,1-4H3,(H,12,17)(H,15,16). The molecule has 2 unspecified atom stereocenters. The van der Waals surface area contributed by atoms with E-state index in [1.807, 2.05) is 0 Å². The number of rotatable bonds is 6. The van der Waals surface area contributed by atoms with Gasteiger partial charge in [-0.25, -0.2) is 4.79 Å². The van der Waals surface area contributed by atoms with Crippen molar-refractivity contribution in [2.75, 3.05) is 20.2 Å². The third-order valence-corrected chi connectivity index (χ3v) is 2.51. The largest absolute Gasteiger partial charge is 0.481 e. The SMILES string of the molecule is CCOC(=O)CN(C)C(=O)NC(C)C(C)C(=O)O. The van der Waals surface area contributed by atoms with E-state index in [0.29, 0.717) is 0 Å². The van der Waals surface area contributed by atoms with E-state index >= 15 is 0 Å². The second kappa shape index (κ2) is 7.52. The molecule has 0 saturated heterocycles.